The number of nitrogens with one attached hydrogen (secondary N) is 2. The highest BCUT2D eigenvalue weighted by Crippen LogP contribution is 2.44. The molecule has 2 unspecified atom stereocenters. The standard InChI is InChI=1S/C48H54ClN6O9P3S/c1-2-63-67(61,41-20-21-45(46(32-41)55(57)58)50-39(34-68-42-8-4-3-5-9-42)24-27-52-25-22-35(23-26-52)33-62-65-59)51-47(56)37-14-18-40(19-15-37)53-28-30-54(31-29-53)48(64-66-60)44-11-7-6-10-43(44)36-12-16-38(49)17-13-36/h3-21,32,35,39,48,50H,2,22-31,33-34H2,1H3,(H,51,56,61)/t39-,48?,67?/m1/s1. The maximum Gasteiger partial charge on any atom is 0.329 e. The number of rotatable bonds is 23. The number of piperazine rings is 1. The highest BCUT2D eigenvalue weighted by molar-refractivity contribution is 7.99. The third-order valence-corrected chi connectivity index (χ3v) is 16.2. The van der Waals surface area contributed by atoms with E-state index in [1.165, 1.54) is 18.2 Å². The zero-order valence-electron chi connectivity index (χ0n) is 37.6. The van der Waals surface area contributed by atoms with Crippen molar-refractivity contribution in [3.63, 3.8) is 0 Å². The van der Waals surface area contributed by atoms with Crippen LogP contribution in [-0.2, 0) is 27.3 Å². The van der Waals surface area contributed by atoms with E-state index in [2.05, 4.69) is 25.1 Å². The molecule has 2 fully saturated rings. The Hall–Kier alpha value is -4.56. The van der Waals surface area contributed by atoms with Gasteiger partial charge >= 0.3 is 24.9 Å². The molecule has 1 amide bonds. The molecule has 2 aliphatic rings. The summed E-state index contributed by atoms with van der Waals surface area (Å²) in [5, 5.41) is 19.3. The SMILES string of the molecule is CCOP(=O)(NC(=O)c1ccc(N2CCN(C(OP=O)c3ccccc3-c3ccc(Cl)cc3)CC2)cc1)c1ccc(N[C@H](CCN2CCC(COP=O)CC2)CSc2ccccc2)c([N+](=O)[O-])c1. The van der Waals surface area contributed by atoms with E-state index < -0.39 is 33.3 Å². The summed E-state index contributed by atoms with van der Waals surface area (Å²) < 4.78 is 53.7. The highest BCUT2D eigenvalue weighted by Gasteiger charge is 2.33. The number of hydrogen-bond acceptors (Lipinski definition) is 14. The van der Waals surface area contributed by atoms with Crippen LogP contribution in [0, 0.1) is 16.0 Å². The monoisotopic (exact) mass is 1020 g/mol. The minimum absolute atomic E-state index is 0.00698. The molecule has 0 bridgehead atoms. The lowest BCUT2D eigenvalue weighted by Gasteiger charge is -2.39. The second kappa shape index (κ2) is 25.3. The first-order valence-corrected chi connectivity index (χ1v) is 26.9. The zero-order chi connectivity index (χ0) is 47.9. The molecule has 0 aromatic heterocycles. The van der Waals surface area contributed by atoms with Crippen LogP contribution in [0.3, 0.4) is 0 Å². The van der Waals surface area contributed by atoms with Crippen molar-refractivity contribution >= 4 is 76.5 Å². The average molecular weight is 1020 g/mol. The second-order valence-electron chi connectivity index (χ2n) is 16.5. The number of likely N-dealkylation sites (tertiary alicyclic amines) is 1. The Morgan fingerprint density at radius 3 is 2.28 bits per heavy atom. The van der Waals surface area contributed by atoms with Crippen LogP contribution in [0.5, 0.6) is 0 Å². The number of anilines is 2. The Morgan fingerprint density at radius 1 is 0.897 bits per heavy atom. The molecular weight excluding hydrogens is 965 g/mol. The molecular formula is C48H54ClN6O9P3S. The number of piperidine rings is 1. The number of thioether (sulfide) groups is 1. The van der Waals surface area contributed by atoms with Gasteiger partial charge in [-0.2, -0.15) is 0 Å². The second-order valence-corrected chi connectivity index (χ2v) is 20.9. The van der Waals surface area contributed by atoms with Crippen LogP contribution in [0.15, 0.2) is 126 Å². The molecule has 15 nitrogen and oxygen atoms in total. The molecule has 0 radical (unpaired) electrons. The number of halogens is 1. The van der Waals surface area contributed by atoms with Gasteiger partial charge in [0.2, 0.25) is 0 Å². The van der Waals surface area contributed by atoms with E-state index in [1.807, 2.05) is 91.0 Å². The van der Waals surface area contributed by atoms with Gasteiger partial charge in [-0.15, -0.1) is 11.8 Å². The van der Waals surface area contributed by atoms with Crippen LogP contribution in [-0.4, -0.2) is 91.5 Å². The van der Waals surface area contributed by atoms with Crippen molar-refractivity contribution in [2.45, 2.75) is 43.4 Å². The lowest BCUT2D eigenvalue weighted by atomic mass is 9.97. The van der Waals surface area contributed by atoms with Gasteiger partial charge in [0.25, 0.3) is 11.6 Å². The Morgan fingerprint density at radius 2 is 1.60 bits per heavy atom. The summed E-state index contributed by atoms with van der Waals surface area (Å²) in [5.74, 6) is 0.341. The average Bonchev–Trinajstić information content (AvgIpc) is 3.37. The third-order valence-electron chi connectivity index (χ3n) is 12.2. The predicted molar refractivity (Wildman–Crippen MR) is 270 cm³/mol. The number of amides is 1. The van der Waals surface area contributed by atoms with Gasteiger partial charge in [-0.05, 0) is 117 Å². The van der Waals surface area contributed by atoms with Crippen LogP contribution in [0.2, 0.25) is 5.02 Å². The lowest BCUT2D eigenvalue weighted by Crippen LogP contribution is -2.48. The van der Waals surface area contributed by atoms with Crippen molar-refractivity contribution in [3.05, 3.63) is 148 Å². The summed E-state index contributed by atoms with van der Waals surface area (Å²) >= 11 is 7.81. The number of nitro benzene ring substituents is 1. The Labute approximate surface area is 409 Å². The highest BCUT2D eigenvalue weighted by atomic mass is 35.5. The summed E-state index contributed by atoms with van der Waals surface area (Å²) in [6.07, 6.45) is 2.02. The molecule has 2 saturated heterocycles. The molecule has 0 saturated carbocycles. The number of carbonyl (C=O) groups is 1. The van der Waals surface area contributed by atoms with Gasteiger partial charge < -0.3 is 19.6 Å². The molecule has 0 aliphatic carbocycles. The normalized spacial score (nSPS) is 16.8. The fraction of sp³-hybridized carbons (Fsp3) is 0.354. The Balaban J connectivity index is 1.000. The molecule has 5 aromatic carbocycles. The molecule has 5 aromatic rings. The molecule has 2 N–H and O–H groups in total. The number of carbonyl (C=O) groups excluding carboxylic acids is 1. The van der Waals surface area contributed by atoms with Gasteiger partial charge in [0.15, 0.2) is 6.23 Å². The molecule has 2 heterocycles. The van der Waals surface area contributed by atoms with E-state index in [4.69, 9.17) is 25.2 Å². The molecule has 0 spiro atoms. The van der Waals surface area contributed by atoms with Crippen molar-refractivity contribution in [2.75, 3.05) is 75.0 Å². The van der Waals surface area contributed by atoms with E-state index in [0.717, 1.165) is 59.7 Å². The molecule has 7 rings (SSSR count). The van der Waals surface area contributed by atoms with Crippen LogP contribution in [0.4, 0.5) is 17.1 Å². The van der Waals surface area contributed by atoms with Crippen molar-refractivity contribution in [3.8, 4) is 11.1 Å². The molecule has 20 heteroatoms. The lowest BCUT2D eigenvalue weighted by molar-refractivity contribution is -0.383. The van der Waals surface area contributed by atoms with Gasteiger partial charge in [-0.25, -0.2) is 9.13 Å². The van der Waals surface area contributed by atoms with Crippen molar-refractivity contribution in [2.24, 2.45) is 5.92 Å². The summed E-state index contributed by atoms with van der Waals surface area (Å²) in [6, 6.07) is 36.4. The number of benzene rings is 5. The molecule has 68 heavy (non-hydrogen) atoms. The molecule has 2 aliphatic heterocycles. The van der Waals surface area contributed by atoms with Crippen molar-refractivity contribution < 1.29 is 37.0 Å². The van der Waals surface area contributed by atoms with Crippen molar-refractivity contribution in [1.29, 1.82) is 0 Å². The summed E-state index contributed by atoms with van der Waals surface area (Å²) in [6.45, 7) is 7.07. The zero-order valence-corrected chi connectivity index (χ0v) is 41.8. The van der Waals surface area contributed by atoms with Gasteiger partial charge in [0.05, 0.1) is 23.4 Å². The third kappa shape index (κ3) is 13.8. The van der Waals surface area contributed by atoms with Crippen LogP contribution in [0.1, 0.15) is 48.3 Å². The Bertz CT molecular complexity index is 2520. The number of hydrogen-bond donors (Lipinski definition) is 2. The first kappa shape index (κ1) is 51.3. The fourth-order valence-electron chi connectivity index (χ4n) is 8.51. The van der Waals surface area contributed by atoms with E-state index in [-0.39, 0.29) is 43.6 Å². The maximum absolute atomic E-state index is 14.5. The first-order chi connectivity index (χ1) is 33.1. The van der Waals surface area contributed by atoms with Gasteiger partial charge in [-0.3, -0.25) is 38.5 Å². The van der Waals surface area contributed by atoms with E-state index in [0.29, 0.717) is 55.9 Å². The first-order valence-electron chi connectivity index (χ1n) is 22.5. The topological polar surface area (TPSA) is 173 Å². The van der Waals surface area contributed by atoms with Crippen LogP contribution in [0.25, 0.3) is 11.1 Å². The van der Waals surface area contributed by atoms with E-state index in [1.54, 1.807) is 30.8 Å². The maximum atomic E-state index is 14.5. The van der Waals surface area contributed by atoms with Crippen molar-refractivity contribution in [1.82, 2.24) is 14.9 Å². The van der Waals surface area contributed by atoms with E-state index in [9.17, 15) is 28.6 Å². The number of nitro groups is 1. The largest absolute Gasteiger partial charge is 0.376 e. The van der Waals surface area contributed by atoms with E-state index >= 15 is 0 Å². The summed E-state index contributed by atoms with van der Waals surface area (Å²) in [4.78, 5) is 33.6. The van der Waals surface area contributed by atoms with Crippen LogP contribution >= 0.6 is 48.3 Å². The smallest absolute Gasteiger partial charge is 0.329 e. The fourth-order valence-corrected chi connectivity index (χ4v) is 11.9. The van der Waals surface area contributed by atoms with Crippen LogP contribution < -0.4 is 20.6 Å². The predicted octanol–water partition coefficient (Wildman–Crippen LogP) is 11.1. The molecule has 358 valence electrons. The van der Waals surface area contributed by atoms with Gasteiger partial charge in [0.1, 0.15) is 5.69 Å². The minimum atomic E-state index is -4.15. The summed E-state index contributed by atoms with van der Waals surface area (Å²) in [5.41, 5.74) is 3.90. The molecule has 3 atom stereocenters. The van der Waals surface area contributed by atoms with Gasteiger partial charge in [0, 0.05) is 77.3 Å². The summed E-state index contributed by atoms with van der Waals surface area (Å²) in [7, 11) is -4.88. The quantitative estimate of drug-likeness (QED) is 0.0274. The van der Waals surface area contributed by atoms with Gasteiger partial charge in [-0.1, -0.05) is 66.2 Å². The minimum Gasteiger partial charge on any atom is -0.376 e. The number of nitrogens with zero attached hydrogens (tertiary/aromatic N) is 4. The Kier molecular flexibility index (Phi) is 19.1.